The monoisotopic (exact) mass is 368 g/mol. The van der Waals surface area contributed by atoms with Gasteiger partial charge in [0.1, 0.15) is 5.75 Å². The molecule has 1 unspecified atom stereocenters. The van der Waals surface area contributed by atoms with Gasteiger partial charge in [-0.05, 0) is 35.9 Å². The molecule has 0 bridgehead atoms. The van der Waals surface area contributed by atoms with Crippen molar-refractivity contribution in [3.8, 4) is 5.75 Å². The van der Waals surface area contributed by atoms with Crippen molar-refractivity contribution in [3.63, 3.8) is 0 Å². The molecule has 0 amide bonds. The molecule has 0 aliphatic carbocycles. The van der Waals surface area contributed by atoms with Crippen LogP contribution in [0.5, 0.6) is 5.75 Å². The number of carboxylic acid groups (broad SMARTS) is 3. The molecule has 0 fully saturated rings. The molecule has 0 aliphatic rings. The maximum Gasteiger partial charge on any atom is 0.337 e. The molecule has 2 aromatic carbocycles. The number of phenolic OH excluding ortho intramolecular Hbond substituents is 1. The van der Waals surface area contributed by atoms with E-state index in [9.17, 15) is 14.4 Å². The molecule has 2 aromatic rings. The van der Waals surface area contributed by atoms with E-state index in [0.717, 1.165) is 18.2 Å². The summed E-state index contributed by atoms with van der Waals surface area (Å²) in [4.78, 5) is 31.1. The van der Waals surface area contributed by atoms with Crippen molar-refractivity contribution in [2.75, 3.05) is 0 Å². The SMILES string of the molecule is O=C(O)C(O)c1ccc(Cl)cc1.O=C(O)c1cc(O)cc(C(=O)O)c1. The summed E-state index contributed by atoms with van der Waals surface area (Å²) in [5.41, 5.74) is -0.179. The minimum Gasteiger partial charge on any atom is -0.508 e. The fourth-order valence-electron chi connectivity index (χ4n) is 1.65. The molecule has 0 heterocycles. The molecule has 132 valence electrons. The van der Waals surface area contributed by atoms with E-state index in [2.05, 4.69) is 0 Å². The van der Waals surface area contributed by atoms with Crippen molar-refractivity contribution in [2.45, 2.75) is 6.10 Å². The largest absolute Gasteiger partial charge is 0.508 e. The van der Waals surface area contributed by atoms with Gasteiger partial charge in [-0.3, -0.25) is 0 Å². The molecular weight excluding hydrogens is 356 g/mol. The Hall–Kier alpha value is -3.10. The van der Waals surface area contributed by atoms with E-state index in [4.69, 9.17) is 37.1 Å². The lowest BCUT2D eigenvalue weighted by molar-refractivity contribution is -0.146. The highest BCUT2D eigenvalue weighted by atomic mass is 35.5. The van der Waals surface area contributed by atoms with Crippen molar-refractivity contribution in [1.29, 1.82) is 0 Å². The van der Waals surface area contributed by atoms with Crippen molar-refractivity contribution in [2.24, 2.45) is 0 Å². The van der Waals surface area contributed by atoms with Gasteiger partial charge in [0, 0.05) is 5.02 Å². The summed E-state index contributed by atoms with van der Waals surface area (Å²) < 4.78 is 0. The second-order valence-corrected chi connectivity index (χ2v) is 5.11. The summed E-state index contributed by atoms with van der Waals surface area (Å²) in [7, 11) is 0. The predicted octanol–water partition coefficient (Wildman–Crippen LogP) is 2.25. The van der Waals surface area contributed by atoms with Gasteiger partial charge in [0.25, 0.3) is 0 Å². The third-order valence-corrected chi connectivity index (χ3v) is 3.08. The summed E-state index contributed by atoms with van der Waals surface area (Å²) in [6.45, 7) is 0. The van der Waals surface area contributed by atoms with E-state index in [-0.39, 0.29) is 16.9 Å². The number of aromatic carboxylic acids is 2. The molecule has 0 aromatic heterocycles. The number of rotatable bonds is 4. The second kappa shape index (κ2) is 8.67. The zero-order chi connectivity index (χ0) is 19.1. The number of phenols is 1. The fourth-order valence-corrected chi connectivity index (χ4v) is 1.77. The third kappa shape index (κ3) is 6.13. The Kier molecular flexibility index (Phi) is 6.92. The minimum absolute atomic E-state index is 0.252. The highest BCUT2D eigenvalue weighted by molar-refractivity contribution is 6.30. The van der Waals surface area contributed by atoms with Gasteiger partial charge >= 0.3 is 17.9 Å². The Morgan fingerprint density at radius 3 is 1.64 bits per heavy atom. The van der Waals surface area contributed by atoms with Gasteiger partial charge in [-0.1, -0.05) is 23.7 Å². The topological polar surface area (TPSA) is 152 Å². The minimum atomic E-state index is -1.47. The summed E-state index contributed by atoms with van der Waals surface area (Å²) in [5.74, 6) is -4.20. The van der Waals surface area contributed by atoms with Crippen LogP contribution in [0.25, 0.3) is 0 Å². The van der Waals surface area contributed by atoms with Crippen LogP contribution < -0.4 is 0 Å². The van der Waals surface area contributed by atoms with Crippen LogP contribution in [-0.4, -0.2) is 43.4 Å². The van der Waals surface area contributed by atoms with E-state index in [1.807, 2.05) is 0 Å². The fraction of sp³-hybridized carbons (Fsp3) is 0.0625. The first-order valence-corrected chi connectivity index (χ1v) is 6.96. The van der Waals surface area contributed by atoms with E-state index in [1.54, 1.807) is 0 Å². The summed E-state index contributed by atoms with van der Waals surface area (Å²) in [6, 6.07) is 8.95. The second-order valence-electron chi connectivity index (χ2n) is 4.67. The van der Waals surface area contributed by atoms with Crippen molar-refractivity contribution >= 4 is 29.5 Å². The van der Waals surface area contributed by atoms with Crippen LogP contribution >= 0.6 is 11.6 Å². The number of hydrogen-bond donors (Lipinski definition) is 5. The molecule has 2 rings (SSSR count). The molecule has 0 saturated carbocycles. The van der Waals surface area contributed by atoms with Crippen LogP contribution in [0.2, 0.25) is 5.02 Å². The highest BCUT2D eigenvalue weighted by Crippen LogP contribution is 2.16. The summed E-state index contributed by atoms with van der Waals surface area (Å²) >= 11 is 5.57. The maximum atomic E-state index is 10.4. The van der Waals surface area contributed by atoms with Gasteiger partial charge < -0.3 is 25.5 Å². The predicted molar refractivity (Wildman–Crippen MR) is 86.1 cm³/mol. The lowest BCUT2D eigenvalue weighted by atomic mass is 10.1. The third-order valence-electron chi connectivity index (χ3n) is 2.83. The number of aliphatic hydroxyl groups excluding tert-OH is 1. The number of aromatic hydroxyl groups is 1. The Morgan fingerprint density at radius 2 is 1.28 bits per heavy atom. The van der Waals surface area contributed by atoms with E-state index in [0.29, 0.717) is 10.6 Å². The first-order chi connectivity index (χ1) is 11.6. The molecule has 0 aliphatic heterocycles. The molecule has 1 atom stereocenters. The quantitative estimate of drug-likeness (QED) is 0.550. The number of halogens is 1. The molecule has 9 heteroatoms. The van der Waals surface area contributed by atoms with E-state index in [1.165, 1.54) is 24.3 Å². The van der Waals surface area contributed by atoms with Gasteiger partial charge in [0.05, 0.1) is 11.1 Å². The van der Waals surface area contributed by atoms with Crippen LogP contribution in [0.4, 0.5) is 0 Å². The van der Waals surface area contributed by atoms with E-state index < -0.39 is 24.0 Å². The van der Waals surface area contributed by atoms with E-state index >= 15 is 0 Å². The number of aliphatic hydroxyl groups is 1. The lowest BCUT2D eigenvalue weighted by Gasteiger charge is -2.04. The van der Waals surface area contributed by atoms with Gasteiger partial charge in [-0.2, -0.15) is 0 Å². The smallest absolute Gasteiger partial charge is 0.337 e. The number of carbonyl (C=O) groups is 3. The van der Waals surface area contributed by atoms with Crippen LogP contribution in [0, 0.1) is 0 Å². The summed E-state index contributed by atoms with van der Waals surface area (Å²) in [6.07, 6.45) is -1.47. The molecule has 0 spiro atoms. The van der Waals surface area contributed by atoms with Gasteiger partial charge in [0.15, 0.2) is 6.10 Å². The van der Waals surface area contributed by atoms with Crippen LogP contribution in [0.1, 0.15) is 32.4 Å². The van der Waals surface area contributed by atoms with Crippen LogP contribution in [-0.2, 0) is 4.79 Å². The average molecular weight is 369 g/mol. The highest BCUT2D eigenvalue weighted by Gasteiger charge is 2.14. The summed E-state index contributed by atoms with van der Waals surface area (Å²) in [5, 5.41) is 44.0. The normalized spacial score (nSPS) is 11.0. The number of hydrogen-bond acceptors (Lipinski definition) is 5. The molecular formula is C16H13ClO8. The molecule has 0 saturated heterocycles. The number of aliphatic carboxylic acids is 1. The Labute approximate surface area is 146 Å². The maximum absolute atomic E-state index is 10.4. The Bertz CT molecular complexity index is 753. The van der Waals surface area contributed by atoms with Gasteiger partial charge in [-0.15, -0.1) is 0 Å². The average Bonchev–Trinajstić information content (AvgIpc) is 2.54. The Morgan fingerprint density at radius 1 is 0.840 bits per heavy atom. The lowest BCUT2D eigenvalue weighted by Crippen LogP contribution is -2.09. The Balaban J connectivity index is 0.000000251. The number of benzene rings is 2. The standard InChI is InChI=1S/C8H7ClO3.C8H6O5/c9-6-3-1-5(2-4-6)7(10)8(11)12;9-6-2-4(7(10)11)1-5(3-6)8(12)13/h1-4,7,10H,(H,11,12);1-3,9H,(H,10,11)(H,12,13). The molecule has 8 nitrogen and oxygen atoms in total. The number of carboxylic acids is 3. The van der Waals surface area contributed by atoms with Gasteiger partial charge in [-0.25, -0.2) is 14.4 Å². The zero-order valence-electron chi connectivity index (χ0n) is 12.5. The van der Waals surface area contributed by atoms with Crippen molar-refractivity contribution in [1.82, 2.24) is 0 Å². The molecule has 0 radical (unpaired) electrons. The van der Waals surface area contributed by atoms with Crippen molar-refractivity contribution < 1.29 is 39.9 Å². The molecule has 25 heavy (non-hydrogen) atoms. The first-order valence-electron chi connectivity index (χ1n) is 6.58. The van der Waals surface area contributed by atoms with Gasteiger partial charge in [0.2, 0.25) is 0 Å². The van der Waals surface area contributed by atoms with Crippen LogP contribution in [0.3, 0.4) is 0 Å². The van der Waals surface area contributed by atoms with Crippen molar-refractivity contribution in [3.05, 3.63) is 64.2 Å². The molecule has 5 N–H and O–H groups in total. The zero-order valence-corrected chi connectivity index (χ0v) is 13.2. The van der Waals surface area contributed by atoms with Crippen LogP contribution in [0.15, 0.2) is 42.5 Å². The first kappa shape index (κ1) is 19.9.